The molecule has 0 bridgehead atoms. The molecule has 23 heavy (non-hydrogen) atoms. The van der Waals surface area contributed by atoms with Crippen LogP contribution in [0, 0.1) is 11.7 Å². The lowest BCUT2D eigenvalue weighted by Gasteiger charge is -2.31. The van der Waals surface area contributed by atoms with Crippen molar-refractivity contribution in [1.29, 1.82) is 0 Å². The van der Waals surface area contributed by atoms with E-state index in [2.05, 4.69) is 4.99 Å². The predicted octanol–water partition coefficient (Wildman–Crippen LogP) is 2.62. The van der Waals surface area contributed by atoms with Gasteiger partial charge in [-0.25, -0.2) is 9.18 Å². The number of nitrogens with zero attached hydrogens (tertiary/aromatic N) is 1. The number of aliphatic imine (C=N–C) groups is 1. The van der Waals surface area contributed by atoms with Crippen LogP contribution in [0.25, 0.3) is 0 Å². The lowest BCUT2D eigenvalue weighted by atomic mass is 9.75. The van der Waals surface area contributed by atoms with Gasteiger partial charge in [0.05, 0.1) is 19.8 Å². The number of rotatable bonds is 3. The minimum atomic E-state index is -0.761. The lowest BCUT2D eigenvalue weighted by Crippen LogP contribution is -2.36. The largest absolute Gasteiger partial charge is 0.468 e. The summed E-state index contributed by atoms with van der Waals surface area (Å²) in [6, 6.07) is 5.67. The van der Waals surface area contributed by atoms with E-state index in [1.807, 2.05) is 0 Å². The molecule has 1 aromatic rings. The van der Waals surface area contributed by atoms with Crippen molar-refractivity contribution in [2.24, 2.45) is 10.9 Å². The Balaban J connectivity index is 2.65. The summed E-state index contributed by atoms with van der Waals surface area (Å²) in [5.41, 5.74) is 1.91. The Kier molecular flexibility index (Phi) is 4.93. The Morgan fingerprint density at radius 3 is 2.22 bits per heavy atom. The first-order valence-electron chi connectivity index (χ1n) is 7.08. The van der Waals surface area contributed by atoms with Crippen LogP contribution in [0.15, 0.2) is 40.5 Å². The monoisotopic (exact) mass is 319 g/mol. The molecule has 5 nitrogen and oxygen atoms in total. The summed E-state index contributed by atoms with van der Waals surface area (Å²) in [6.45, 7) is 3.38. The topological polar surface area (TPSA) is 65.0 Å². The van der Waals surface area contributed by atoms with Crippen molar-refractivity contribution >= 4 is 17.7 Å². The number of hydrogen-bond donors (Lipinski definition) is 0. The van der Waals surface area contributed by atoms with Crippen LogP contribution in [-0.2, 0) is 19.1 Å². The van der Waals surface area contributed by atoms with E-state index >= 15 is 0 Å². The molecule has 0 amide bonds. The maximum atomic E-state index is 13.2. The number of benzene rings is 1. The fourth-order valence-electron chi connectivity index (χ4n) is 2.87. The number of methoxy groups -OCH3 is 2. The number of hydrogen-bond acceptors (Lipinski definition) is 5. The van der Waals surface area contributed by atoms with E-state index in [-0.39, 0.29) is 5.57 Å². The molecule has 1 heterocycles. The van der Waals surface area contributed by atoms with Gasteiger partial charge in [0.2, 0.25) is 0 Å². The third kappa shape index (κ3) is 3.16. The molecule has 0 aliphatic carbocycles. The van der Waals surface area contributed by atoms with Gasteiger partial charge in [0.15, 0.2) is 0 Å². The summed E-state index contributed by atoms with van der Waals surface area (Å²) in [4.78, 5) is 28.8. The van der Waals surface area contributed by atoms with Crippen molar-refractivity contribution in [3.8, 4) is 0 Å². The second kappa shape index (κ2) is 6.73. The van der Waals surface area contributed by atoms with Crippen LogP contribution in [0.1, 0.15) is 25.3 Å². The minimum Gasteiger partial charge on any atom is -0.468 e. The lowest BCUT2D eigenvalue weighted by molar-refractivity contribution is -0.143. The highest BCUT2D eigenvalue weighted by molar-refractivity contribution is 6.06. The van der Waals surface area contributed by atoms with Gasteiger partial charge >= 0.3 is 11.9 Å². The maximum absolute atomic E-state index is 13.2. The zero-order chi connectivity index (χ0) is 17.1. The Hall–Kier alpha value is -2.50. The molecular weight excluding hydrogens is 301 g/mol. The Bertz CT molecular complexity index is 691. The first-order chi connectivity index (χ1) is 10.9. The van der Waals surface area contributed by atoms with Gasteiger partial charge < -0.3 is 9.47 Å². The van der Waals surface area contributed by atoms with Crippen molar-refractivity contribution in [3.63, 3.8) is 0 Å². The molecule has 122 valence electrons. The molecule has 0 saturated carbocycles. The van der Waals surface area contributed by atoms with Crippen LogP contribution in [-0.4, -0.2) is 31.9 Å². The Morgan fingerprint density at radius 1 is 1.09 bits per heavy atom. The Morgan fingerprint density at radius 2 is 1.70 bits per heavy atom. The predicted molar refractivity (Wildman–Crippen MR) is 82.5 cm³/mol. The van der Waals surface area contributed by atoms with Crippen LogP contribution < -0.4 is 0 Å². The van der Waals surface area contributed by atoms with E-state index in [1.54, 1.807) is 26.0 Å². The summed E-state index contributed by atoms with van der Waals surface area (Å²) in [6.07, 6.45) is 0. The van der Waals surface area contributed by atoms with E-state index in [0.29, 0.717) is 17.0 Å². The zero-order valence-corrected chi connectivity index (χ0v) is 13.4. The molecule has 0 aromatic heterocycles. The molecule has 0 saturated heterocycles. The number of halogens is 1. The van der Waals surface area contributed by atoms with E-state index in [9.17, 15) is 14.0 Å². The van der Waals surface area contributed by atoms with E-state index in [0.717, 1.165) is 0 Å². The molecule has 1 aliphatic heterocycles. The molecule has 0 fully saturated rings. The molecule has 2 rings (SSSR count). The smallest absolute Gasteiger partial charge is 0.336 e. The Labute approximate surface area is 133 Å². The molecule has 0 N–H and O–H groups in total. The van der Waals surface area contributed by atoms with E-state index in [1.165, 1.54) is 26.4 Å². The van der Waals surface area contributed by atoms with Crippen LogP contribution >= 0.6 is 0 Å². The van der Waals surface area contributed by atoms with Gasteiger partial charge in [-0.3, -0.25) is 9.79 Å². The third-order valence-electron chi connectivity index (χ3n) is 3.92. The second-order valence-electron chi connectivity index (χ2n) is 5.27. The average molecular weight is 319 g/mol. The van der Waals surface area contributed by atoms with Crippen molar-refractivity contribution in [1.82, 2.24) is 0 Å². The molecular formula is C17H18FNO4. The second-order valence-corrected chi connectivity index (χ2v) is 5.27. The molecule has 1 aromatic carbocycles. The fraction of sp³-hybridized carbons (Fsp3) is 0.353. The van der Waals surface area contributed by atoms with Crippen molar-refractivity contribution in [3.05, 3.63) is 46.9 Å². The van der Waals surface area contributed by atoms with Crippen LogP contribution in [0.2, 0.25) is 0 Å². The fourth-order valence-corrected chi connectivity index (χ4v) is 2.87. The van der Waals surface area contributed by atoms with Gasteiger partial charge in [0.1, 0.15) is 11.7 Å². The molecule has 6 heteroatoms. The summed E-state index contributed by atoms with van der Waals surface area (Å²) in [7, 11) is 2.54. The van der Waals surface area contributed by atoms with Gasteiger partial charge in [-0.1, -0.05) is 12.1 Å². The van der Waals surface area contributed by atoms with Crippen LogP contribution in [0.3, 0.4) is 0 Å². The SMILES string of the molecule is COC(=O)C1=C(C)N=C(C)C(C(=O)OC)[C@@H]1c1ccc(F)cc1. The maximum Gasteiger partial charge on any atom is 0.336 e. The van der Waals surface area contributed by atoms with Crippen LogP contribution in [0.5, 0.6) is 0 Å². The van der Waals surface area contributed by atoms with E-state index < -0.39 is 29.6 Å². The van der Waals surface area contributed by atoms with Gasteiger partial charge in [-0.2, -0.15) is 0 Å². The van der Waals surface area contributed by atoms with Gasteiger partial charge in [-0.15, -0.1) is 0 Å². The molecule has 1 unspecified atom stereocenters. The minimum absolute atomic E-state index is 0.278. The number of carbonyl (C=O) groups excluding carboxylic acids is 2. The highest BCUT2D eigenvalue weighted by Crippen LogP contribution is 2.39. The van der Waals surface area contributed by atoms with Crippen molar-refractivity contribution in [2.45, 2.75) is 19.8 Å². The van der Waals surface area contributed by atoms with Crippen molar-refractivity contribution in [2.75, 3.05) is 14.2 Å². The third-order valence-corrected chi connectivity index (χ3v) is 3.92. The summed E-state index contributed by atoms with van der Waals surface area (Å²) in [5.74, 6) is -2.86. The highest BCUT2D eigenvalue weighted by Gasteiger charge is 2.41. The van der Waals surface area contributed by atoms with Gasteiger partial charge in [0, 0.05) is 17.3 Å². The quantitative estimate of drug-likeness (QED) is 0.803. The summed E-state index contributed by atoms with van der Waals surface area (Å²) < 4.78 is 22.9. The van der Waals surface area contributed by atoms with E-state index in [4.69, 9.17) is 9.47 Å². The molecule has 2 atom stereocenters. The number of allylic oxidation sites excluding steroid dienone is 1. The summed E-state index contributed by atoms with van der Waals surface area (Å²) >= 11 is 0. The highest BCUT2D eigenvalue weighted by atomic mass is 19.1. The van der Waals surface area contributed by atoms with Crippen molar-refractivity contribution < 1.29 is 23.5 Å². The number of carbonyl (C=O) groups is 2. The standard InChI is InChI=1S/C17H18FNO4/c1-9-13(16(20)22-3)15(11-5-7-12(18)8-6-11)14(10(2)19-9)17(21)23-4/h5-8,13,15H,1-4H3/t13?,15-/m0/s1. The zero-order valence-electron chi connectivity index (χ0n) is 13.4. The first kappa shape index (κ1) is 16.9. The normalized spacial score (nSPS) is 20.8. The number of esters is 2. The van der Waals surface area contributed by atoms with Crippen LogP contribution in [0.4, 0.5) is 4.39 Å². The molecule has 0 radical (unpaired) electrons. The van der Waals surface area contributed by atoms with Gasteiger partial charge in [-0.05, 0) is 31.5 Å². The summed E-state index contributed by atoms with van der Waals surface area (Å²) in [5, 5.41) is 0. The first-order valence-corrected chi connectivity index (χ1v) is 7.08. The molecule has 0 spiro atoms. The number of ether oxygens (including phenoxy) is 2. The average Bonchev–Trinajstić information content (AvgIpc) is 2.53. The van der Waals surface area contributed by atoms with Gasteiger partial charge in [0.25, 0.3) is 0 Å². The molecule has 1 aliphatic rings.